The average molecular weight is 165 g/mol. The molecule has 0 unspecified atom stereocenters. The van der Waals surface area contributed by atoms with Gasteiger partial charge in [-0.2, -0.15) is 0 Å². The number of hydrogen-bond acceptors (Lipinski definition) is 2. The number of hydrogen-bond donors (Lipinski definition) is 1. The molecule has 0 bridgehead atoms. The maximum Gasteiger partial charge on any atom is 0.0654 e. The van der Waals surface area contributed by atoms with Crippen LogP contribution in [0.5, 0.6) is 0 Å². The molecule has 58 valence electrons. The van der Waals surface area contributed by atoms with Crippen molar-refractivity contribution in [2.24, 2.45) is 0 Å². The molecule has 2 heteroatoms. The molecule has 0 aliphatic rings. The average Bonchev–Trinajstić information content (AvgIpc) is 2.06. The summed E-state index contributed by atoms with van der Waals surface area (Å²) in [6, 6.07) is 10.2. The summed E-state index contributed by atoms with van der Waals surface area (Å²) in [6.45, 7) is 3.82. The number of nitrogens with one attached hydrogen (secondary N) is 1. The van der Waals surface area contributed by atoms with Crippen molar-refractivity contribution in [3.05, 3.63) is 41.9 Å². The van der Waals surface area contributed by atoms with Gasteiger partial charge in [0.2, 0.25) is 0 Å². The number of rotatable bonds is 3. The minimum atomic E-state index is 0.969. The first kappa shape index (κ1) is 8.21. The van der Waals surface area contributed by atoms with Gasteiger partial charge in [0.1, 0.15) is 0 Å². The van der Waals surface area contributed by atoms with Crippen molar-refractivity contribution in [2.45, 2.75) is 4.90 Å². The minimum Gasteiger partial charge on any atom is -0.383 e. The van der Waals surface area contributed by atoms with E-state index < -0.39 is 0 Å². The van der Waals surface area contributed by atoms with Crippen molar-refractivity contribution in [3.63, 3.8) is 0 Å². The summed E-state index contributed by atoms with van der Waals surface area (Å²) in [6.07, 6.45) is 0. The second-order valence-electron chi connectivity index (χ2n) is 2.09. The van der Waals surface area contributed by atoms with E-state index in [2.05, 4.69) is 24.0 Å². The van der Waals surface area contributed by atoms with Crippen LogP contribution in [0.3, 0.4) is 0 Å². The van der Waals surface area contributed by atoms with Gasteiger partial charge in [-0.25, -0.2) is 0 Å². The van der Waals surface area contributed by atoms with Crippen LogP contribution in [-0.2, 0) is 0 Å². The zero-order valence-electron chi connectivity index (χ0n) is 6.50. The highest BCUT2D eigenvalue weighted by Gasteiger charge is 1.92. The van der Waals surface area contributed by atoms with Crippen LogP contribution in [-0.4, -0.2) is 7.05 Å². The van der Waals surface area contributed by atoms with Crippen LogP contribution in [0.1, 0.15) is 0 Å². The van der Waals surface area contributed by atoms with Gasteiger partial charge in [-0.1, -0.05) is 36.5 Å². The normalized spacial score (nSPS) is 9.18. The van der Waals surface area contributed by atoms with Crippen molar-refractivity contribution in [1.82, 2.24) is 5.32 Å². The Hall–Kier alpha value is -0.890. The van der Waals surface area contributed by atoms with Gasteiger partial charge in [-0.15, -0.1) is 0 Å². The first-order valence-corrected chi connectivity index (χ1v) is 4.24. The molecule has 1 N–H and O–H groups in total. The zero-order valence-corrected chi connectivity index (χ0v) is 7.32. The third-order valence-corrected chi connectivity index (χ3v) is 2.22. The van der Waals surface area contributed by atoms with Crippen molar-refractivity contribution in [2.75, 3.05) is 7.05 Å². The van der Waals surface area contributed by atoms with E-state index in [1.54, 1.807) is 11.8 Å². The zero-order chi connectivity index (χ0) is 8.10. The summed E-state index contributed by atoms with van der Waals surface area (Å²) in [7, 11) is 1.87. The largest absolute Gasteiger partial charge is 0.383 e. The Morgan fingerprint density at radius 2 is 2.00 bits per heavy atom. The quantitative estimate of drug-likeness (QED) is 0.690. The Labute approximate surface area is 71.5 Å². The molecule has 0 heterocycles. The number of thioether (sulfide) groups is 1. The molecule has 1 aromatic rings. The molecule has 1 aromatic carbocycles. The maximum atomic E-state index is 3.82. The van der Waals surface area contributed by atoms with E-state index in [4.69, 9.17) is 0 Å². The number of benzene rings is 1. The van der Waals surface area contributed by atoms with Gasteiger partial charge in [0.05, 0.1) is 5.03 Å². The van der Waals surface area contributed by atoms with E-state index in [0.29, 0.717) is 0 Å². The van der Waals surface area contributed by atoms with Gasteiger partial charge >= 0.3 is 0 Å². The fourth-order valence-corrected chi connectivity index (χ4v) is 1.36. The van der Waals surface area contributed by atoms with Crippen molar-refractivity contribution < 1.29 is 0 Å². The van der Waals surface area contributed by atoms with Gasteiger partial charge in [-0.05, 0) is 12.1 Å². The molecule has 0 fully saturated rings. The van der Waals surface area contributed by atoms with Crippen LogP contribution in [0.15, 0.2) is 46.8 Å². The summed E-state index contributed by atoms with van der Waals surface area (Å²) in [4.78, 5) is 1.21. The first-order valence-electron chi connectivity index (χ1n) is 3.42. The molecule has 1 rings (SSSR count). The Morgan fingerprint density at radius 1 is 1.36 bits per heavy atom. The summed E-state index contributed by atoms with van der Waals surface area (Å²) < 4.78 is 0. The molecule has 0 amide bonds. The van der Waals surface area contributed by atoms with E-state index in [1.807, 2.05) is 25.2 Å². The van der Waals surface area contributed by atoms with Crippen molar-refractivity contribution >= 4 is 11.8 Å². The van der Waals surface area contributed by atoms with E-state index in [9.17, 15) is 0 Å². The Bertz CT molecular complexity index is 231. The summed E-state index contributed by atoms with van der Waals surface area (Å²) in [5.74, 6) is 0. The van der Waals surface area contributed by atoms with Crippen molar-refractivity contribution in [3.8, 4) is 0 Å². The van der Waals surface area contributed by atoms with E-state index >= 15 is 0 Å². The van der Waals surface area contributed by atoms with Crippen LogP contribution in [0.4, 0.5) is 0 Å². The highest BCUT2D eigenvalue weighted by atomic mass is 32.2. The van der Waals surface area contributed by atoms with Crippen LogP contribution < -0.4 is 5.32 Å². The predicted molar refractivity (Wildman–Crippen MR) is 50.5 cm³/mol. The molecule has 0 saturated carbocycles. The van der Waals surface area contributed by atoms with Crippen LogP contribution in [0.25, 0.3) is 0 Å². The van der Waals surface area contributed by atoms with Gasteiger partial charge in [0.15, 0.2) is 0 Å². The molecule has 0 aliphatic heterocycles. The maximum absolute atomic E-state index is 3.82. The molecule has 0 spiro atoms. The van der Waals surface area contributed by atoms with Gasteiger partial charge < -0.3 is 5.32 Å². The van der Waals surface area contributed by atoms with Crippen molar-refractivity contribution in [1.29, 1.82) is 0 Å². The Balaban J connectivity index is 2.58. The smallest absolute Gasteiger partial charge is 0.0654 e. The lowest BCUT2D eigenvalue weighted by molar-refractivity contribution is 1.08. The third kappa shape index (κ3) is 2.68. The van der Waals surface area contributed by atoms with Gasteiger partial charge in [-0.3, -0.25) is 0 Å². The summed E-state index contributed by atoms with van der Waals surface area (Å²) in [5.41, 5.74) is 0. The lowest BCUT2D eigenvalue weighted by Gasteiger charge is -2.02. The summed E-state index contributed by atoms with van der Waals surface area (Å²) in [5, 5.41) is 3.95. The first-order chi connectivity index (χ1) is 5.33. The predicted octanol–water partition coefficient (Wildman–Crippen LogP) is 2.47. The fourth-order valence-electron chi connectivity index (χ4n) is 0.682. The second kappa shape index (κ2) is 4.09. The molecular formula is C9H11NS. The van der Waals surface area contributed by atoms with Crippen LogP contribution in [0, 0.1) is 0 Å². The molecule has 0 saturated heterocycles. The molecule has 0 atom stereocenters. The van der Waals surface area contributed by atoms with Crippen LogP contribution >= 0.6 is 11.8 Å². The molecule has 11 heavy (non-hydrogen) atoms. The molecular weight excluding hydrogens is 154 g/mol. The topological polar surface area (TPSA) is 12.0 Å². The van der Waals surface area contributed by atoms with E-state index in [-0.39, 0.29) is 0 Å². The second-order valence-corrected chi connectivity index (χ2v) is 3.26. The third-order valence-electron chi connectivity index (χ3n) is 1.26. The lowest BCUT2D eigenvalue weighted by Crippen LogP contribution is -1.99. The Morgan fingerprint density at radius 3 is 2.55 bits per heavy atom. The molecule has 1 nitrogen and oxygen atoms in total. The summed E-state index contributed by atoms with van der Waals surface area (Å²) >= 11 is 1.64. The van der Waals surface area contributed by atoms with Gasteiger partial charge in [0, 0.05) is 11.9 Å². The van der Waals surface area contributed by atoms with Gasteiger partial charge in [0.25, 0.3) is 0 Å². The van der Waals surface area contributed by atoms with E-state index in [1.165, 1.54) is 4.90 Å². The fraction of sp³-hybridized carbons (Fsp3) is 0.111. The Kier molecular flexibility index (Phi) is 3.05. The molecule has 0 aliphatic carbocycles. The highest BCUT2D eigenvalue weighted by Crippen LogP contribution is 2.21. The lowest BCUT2D eigenvalue weighted by atomic mass is 10.4. The van der Waals surface area contributed by atoms with E-state index in [0.717, 1.165) is 5.03 Å². The molecule has 0 aromatic heterocycles. The minimum absolute atomic E-state index is 0.969. The van der Waals surface area contributed by atoms with Crippen LogP contribution in [0.2, 0.25) is 0 Å². The molecule has 0 radical (unpaired) electrons. The highest BCUT2D eigenvalue weighted by molar-refractivity contribution is 8.03. The standard InChI is InChI=1S/C9H11NS/c1-8(10-2)11-9-6-4-3-5-7-9/h3-7,10H,1H2,2H3. The SMILES string of the molecule is C=C(NC)Sc1ccccc1. The monoisotopic (exact) mass is 165 g/mol.